The first-order valence-electron chi connectivity index (χ1n) is 12.0. The molecule has 2 rings (SSSR count). The van der Waals surface area contributed by atoms with Crippen LogP contribution >= 0.6 is 11.8 Å². The molecule has 2 atom stereocenters. The molecule has 12 nitrogen and oxygen atoms in total. The van der Waals surface area contributed by atoms with Crippen molar-refractivity contribution in [3.8, 4) is 0 Å². The molecule has 14 heteroatoms. The van der Waals surface area contributed by atoms with Gasteiger partial charge in [0.05, 0.1) is 25.9 Å². The van der Waals surface area contributed by atoms with Gasteiger partial charge in [-0.1, -0.05) is 11.8 Å². The lowest BCUT2D eigenvalue weighted by molar-refractivity contribution is -0.139. The number of hydrogen-bond donors (Lipinski definition) is 2. The smallest absolute Gasteiger partial charge is 0.428 e. The van der Waals surface area contributed by atoms with Gasteiger partial charge in [-0.25, -0.2) is 24.2 Å². The second-order valence-corrected chi connectivity index (χ2v) is 11.8. The minimum atomic E-state index is -0.866. The van der Waals surface area contributed by atoms with Gasteiger partial charge in [0.15, 0.2) is 0 Å². The lowest BCUT2D eigenvalue weighted by Crippen LogP contribution is -2.38. The number of benzene rings is 1. The number of nitrogens with zero attached hydrogens (tertiary/aromatic N) is 2. The monoisotopic (exact) mass is 570 g/mol. The van der Waals surface area contributed by atoms with Crippen LogP contribution in [0.15, 0.2) is 23.3 Å². The molecular formula is C25H35FN4O8S. The van der Waals surface area contributed by atoms with E-state index in [1.54, 1.807) is 41.5 Å². The number of thioether (sulfide) groups is 1. The van der Waals surface area contributed by atoms with Gasteiger partial charge in [0.25, 0.3) is 0 Å². The normalized spacial score (nSPS) is 16.7. The predicted molar refractivity (Wildman–Crippen MR) is 143 cm³/mol. The summed E-state index contributed by atoms with van der Waals surface area (Å²) >= 11 is 0.865. The van der Waals surface area contributed by atoms with E-state index in [1.807, 2.05) is 0 Å². The van der Waals surface area contributed by atoms with Gasteiger partial charge in [0, 0.05) is 5.56 Å². The van der Waals surface area contributed by atoms with Crippen LogP contribution in [0.3, 0.4) is 0 Å². The molecule has 0 aliphatic carbocycles. The van der Waals surface area contributed by atoms with Gasteiger partial charge in [-0.3, -0.25) is 9.69 Å². The fourth-order valence-corrected chi connectivity index (χ4v) is 4.04. The van der Waals surface area contributed by atoms with Crippen LogP contribution in [0.1, 0.15) is 54.0 Å². The van der Waals surface area contributed by atoms with Crippen LogP contribution in [0.5, 0.6) is 0 Å². The number of rotatable bonds is 7. The quantitative estimate of drug-likeness (QED) is 0.162. The van der Waals surface area contributed by atoms with Gasteiger partial charge >= 0.3 is 24.2 Å². The van der Waals surface area contributed by atoms with Crippen LogP contribution in [0.4, 0.5) is 24.5 Å². The highest BCUT2D eigenvalue weighted by molar-refractivity contribution is 8.15. The zero-order valence-electron chi connectivity index (χ0n) is 23.2. The molecule has 0 bridgehead atoms. The van der Waals surface area contributed by atoms with Crippen LogP contribution in [0.2, 0.25) is 0 Å². The minimum Gasteiger partial charge on any atom is -0.468 e. The Kier molecular flexibility index (Phi) is 10.6. The third kappa shape index (κ3) is 10.3. The van der Waals surface area contributed by atoms with Crippen molar-refractivity contribution in [3.05, 3.63) is 29.6 Å². The number of alkyl carbamates (subject to hydrolysis) is 1. The maximum absolute atomic E-state index is 15.3. The number of amides is 3. The van der Waals surface area contributed by atoms with Gasteiger partial charge in [0.2, 0.25) is 0 Å². The van der Waals surface area contributed by atoms with Gasteiger partial charge in [-0.05, 0) is 66.7 Å². The van der Waals surface area contributed by atoms with Crippen LogP contribution in [0.25, 0.3) is 0 Å². The van der Waals surface area contributed by atoms with Gasteiger partial charge < -0.3 is 24.3 Å². The molecule has 1 aromatic carbocycles. The number of carbonyl (C=O) groups excluding carboxylic acids is 4. The molecule has 0 aromatic heterocycles. The van der Waals surface area contributed by atoms with E-state index in [-0.39, 0.29) is 29.4 Å². The van der Waals surface area contributed by atoms with Crippen molar-refractivity contribution in [2.75, 3.05) is 25.1 Å². The summed E-state index contributed by atoms with van der Waals surface area (Å²) in [6, 6.07) is 3.93. The van der Waals surface area contributed by atoms with Crippen LogP contribution < -0.4 is 15.6 Å². The third-order valence-electron chi connectivity index (χ3n) is 4.71. The number of halogens is 1. The number of nitrogens with one attached hydrogen (secondary N) is 2. The topological polar surface area (TPSA) is 145 Å². The molecule has 1 aliphatic heterocycles. The highest BCUT2D eigenvalue weighted by Crippen LogP contribution is 2.28. The van der Waals surface area contributed by atoms with Crippen LogP contribution in [-0.4, -0.2) is 72.0 Å². The molecule has 3 amide bonds. The van der Waals surface area contributed by atoms with Crippen LogP contribution in [-0.2, 0) is 23.7 Å². The number of hydrogen-bond acceptors (Lipinski definition) is 10. The van der Waals surface area contributed by atoms with Crippen molar-refractivity contribution in [2.24, 2.45) is 5.10 Å². The van der Waals surface area contributed by atoms with Crippen molar-refractivity contribution in [2.45, 2.75) is 71.0 Å². The Labute approximate surface area is 230 Å². The fourth-order valence-electron chi connectivity index (χ4n) is 3.12. The summed E-state index contributed by atoms with van der Waals surface area (Å²) in [6.45, 7) is 11.8. The van der Waals surface area contributed by atoms with E-state index in [2.05, 4.69) is 15.8 Å². The summed E-state index contributed by atoms with van der Waals surface area (Å²) < 4.78 is 35.6. The highest BCUT2D eigenvalue weighted by Gasteiger charge is 2.33. The summed E-state index contributed by atoms with van der Waals surface area (Å²) in [5, 5.41) is 5.70. The summed E-state index contributed by atoms with van der Waals surface area (Å²) in [5.41, 5.74) is 0.900. The van der Waals surface area contributed by atoms with Crippen molar-refractivity contribution in [1.29, 1.82) is 0 Å². The van der Waals surface area contributed by atoms with Crippen molar-refractivity contribution < 1.29 is 42.5 Å². The molecule has 216 valence electrons. The summed E-state index contributed by atoms with van der Waals surface area (Å²) in [4.78, 5) is 49.6. The Morgan fingerprint density at radius 3 is 2.33 bits per heavy atom. The first kappa shape index (κ1) is 31.7. The Hall–Kier alpha value is -3.55. The second kappa shape index (κ2) is 13.0. The molecule has 1 saturated heterocycles. The number of anilines is 1. The van der Waals surface area contributed by atoms with Crippen LogP contribution in [0, 0.1) is 5.82 Å². The first-order valence-corrected chi connectivity index (χ1v) is 12.9. The Bertz CT molecular complexity index is 1120. The average Bonchev–Trinajstić information content (AvgIpc) is 3.18. The number of hydrazone groups is 1. The molecule has 0 unspecified atom stereocenters. The van der Waals surface area contributed by atoms with Crippen molar-refractivity contribution in [3.63, 3.8) is 0 Å². The zero-order chi connectivity index (χ0) is 29.5. The van der Waals surface area contributed by atoms with Gasteiger partial charge in [-0.2, -0.15) is 5.10 Å². The zero-order valence-corrected chi connectivity index (χ0v) is 24.1. The SMILES string of the molecule is COC(=O)[C@@H](C)SC(=NNC(=O)OC(C)(C)C)c1ccc(N2C[C@H](CNC(=O)OC(C)(C)C)OC2=O)cc1F. The molecule has 0 saturated carbocycles. The first-order chi connectivity index (χ1) is 18.0. The summed E-state index contributed by atoms with van der Waals surface area (Å²) in [7, 11) is 1.22. The summed E-state index contributed by atoms with van der Waals surface area (Å²) in [5.74, 6) is -1.35. The Morgan fingerprint density at radius 1 is 1.15 bits per heavy atom. The number of cyclic esters (lactones) is 1. The average molecular weight is 571 g/mol. The standard InChI is InChI=1S/C25H35FN4O8S/c1-14(20(31)35-8)39-19(28-29-22(33)38-25(5,6)7)17-10-9-15(11-18(17)26)30-13-16(36-23(30)34)12-27-21(32)37-24(2,3)4/h9-11,14,16H,12-13H2,1-8H3,(H,27,32)(H,29,33)/t14-,16+/m1/s1. The van der Waals surface area contributed by atoms with Crippen molar-refractivity contribution in [1.82, 2.24) is 10.7 Å². The highest BCUT2D eigenvalue weighted by atomic mass is 32.2. The molecule has 2 N–H and O–H groups in total. The number of methoxy groups -OCH3 is 1. The number of ether oxygens (including phenoxy) is 4. The second-order valence-electron chi connectivity index (χ2n) is 10.5. The van der Waals surface area contributed by atoms with E-state index in [4.69, 9.17) is 18.9 Å². The molecule has 1 fully saturated rings. The maximum Gasteiger partial charge on any atom is 0.428 e. The minimum absolute atomic E-state index is 0.00686. The fraction of sp³-hybridized carbons (Fsp3) is 0.560. The van der Waals surface area contributed by atoms with E-state index in [1.165, 1.54) is 31.1 Å². The largest absolute Gasteiger partial charge is 0.468 e. The maximum atomic E-state index is 15.3. The summed E-state index contributed by atoms with van der Waals surface area (Å²) in [6.07, 6.45) is -2.92. The van der Waals surface area contributed by atoms with Gasteiger partial charge in [-0.15, -0.1) is 0 Å². The molecular weight excluding hydrogens is 535 g/mol. The molecule has 1 aromatic rings. The molecule has 39 heavy (non-hydrogen) atoms. The van der Waals surface area contributed by atoms with Crippen molar-refractivity contribution >= 4 is 46.7 Å². The molecule has 0 spiro atoms. The van der Waals surface area contributed by atoms with E-state index in [9.17, 15) is 19.2 Å². The lowest BCUT2D eigenvalue weighted by atomic mass is 10.2. The third-order valence-corrected chi connectivity index (χ3v) is 5.79. The molecule has 0 radical (unpaired) electrons. The number of esters is 1. The van der Waals surface area contributed by atoms with E-state index in [0.717, 1.165) is 17.8 Å². The molecule has 1 aliphatic rings. The predicted octanol–water partition coefficient (Wildman–Crippen LogP) is 4.16. The van der Waals surface area contributed by atoms with E-state index >= 15 is 4.39 Å². The Balaban J connectivity index is 2.20. The van der Waals surface area contributed by atoms with E-state index < -0.39 is 52.6 Å². The number of carbonyl (C=O) groups is 4. The van der Waals surface area contributed by atoms with E-state index in [0.29, 0.717) is 0 Å². The lowest BCUT2D eigenvalue weighted by Gasteiger charge is -2.20. The molecule has 1 heterocycles. The van der Waals surface area contributed by atoms with Gasteiger partial charge in [0.1, 0.15) is 33.4 Å². The Morgan fingerprint density at radius 2 is 1.77 bits per heavy atom.